The second kappa shape index (κ2) is 7.54. The molecule has 1 amide bonds. The summed E-state index contributed by atoms with van der Waals surface area (Å²) >= 11 is 0. The van der Waals surface area contributed by atoms with E-state index in [2.05, 4.69) is 35.3 Å². The number of carbonyl (C=O) groups excluding carboxylic acids is 1. The van der Waals surface area contributed by atoms with Crippen LogP contribution in [0, 0.1) is 6.92 Å². The Labute approximate surface area is 180 Å². The molecule has 0 aliphatic carbocycles. The molecule has 3 heterocycles. The SMILES string of the molecule is Cc1cn(-c2ccc3n(c2=O)C[C@@H](C)N(CCc2ccc4ccccc4c2)C3=O)cn1. The van der Waals surface area contributed by atoms with Crippen LogP contribution < -0.4 is 5.56 Å². The van der Waals surface area contributed by atoms with Crippen molar-refractivity contribution in [2.24, 2.45) is 0 Å². The normalized spacial score (nSPS) is 16.0. The van der Waals surface area contributed by atoms with E-state index in [9.17, 15) is 9.59 Å². The molecular weight excluding hydrogens is 388 g/mol. The molecule has 0 radical (unpaired) electrons. The van der Waals surface area contributed by atoms with E-state index in [0.29, 0.717) is 24.5 Å². The van der Waals surface area contributed by atoms with Gasteiger partial charge in [-0.25, -0.2) is 4.98 Å². The molecule has 6 heteroatoms. The smallest absolute Gasteiger partial charge is 0.275 e. The summed E-state index contributed by atoms with van der Waals surface area (Å²) < 4.78 is 3.32. The van der Waals surface area contributed by atoms with Gasteiger partial charge in [-0.1, -0.05) is 42.5 Å². The van der Waals surface area contributed by atoms with Crippen molar-refractivity contribution in [3.63, 3.8) is 0 Å². The monoisotopic (exact) mass is 412 g/mol. The molecule has 1 aliphatic heterocycles. The Kier molecular flexibility index (Phi) is 4.70. The molecule has 156 valence electrons. The van der Waals surface area contributed by atoms with Crippen LogP contribution in [0.3, 0.4) is 0 Å². The Hall–Kier alpha value is -3.67. The van der Waals surface area contributed by atoms with Gasteiger partial charge in [0, 0.05) is 25.3 Å². The molecule has 2 aromatic carbocycles. The highest BCUT2D eigenvalue weighted by Gasteiger charge is 2.30. The zero-order chi connectivity index (χ0) is 21.5. The van der Waals surface area contributed by atoms with E-state index in [1.807, 2.05) is 37.1 Å². The summed E-state index contributed by atoms with van der Waals surface area (Å²) in [7, 11) is 0. The number of carbonyl (C=O) groups is 1. The van der Waals surface area contributed by atoms with Crippen molar-refractivity contribution in [3.05, 3.63) is 94.4 Å². The Morgan fingerprint density at radius 3 is 2.61 bits per heavy atom. The fourth-order valence-corrected chi connectivity index (χ4v) is 4.36. The van der Waals surface area contributed by atoms with Crippen molar-refractivity contribution in [2.45, 2.75) is 32.9 Å². The summed E-state index contributed by atoms with van der Waals surface area (Å²) in [5.74, 6) is -0.0926. The number of aromatic nitrogens is 3. The highest BCUT2D eigenvalue weighted by Crippen LogP contribution is 2.20. The van der Waals surface area contributed by atoms with Crippen LogP contribution >= 0.6 is 0 Å². The van der Waals surface area contributed by atoms with Gasteiger partial charge in [-0.05, 0) is 48.7 Å². The molecule has 31 heavy (non-hydrogen) atoms. The average molecular weight is 412 g/mol. The highest BCUT2D eigenvalue weighted by molar-refractivity contribution is 5.93. The zero-order valence-electron chi connectivity index (χ0n) is 17.7. The quantitative estimate of drug-likeness (QED) is 0.515. The molecule has 6 nitrogen and oxygen atoms in total. The lowest BCUT2D eigenvalue weighted by molar-refractivity contribution is 0.0612. The molecule has 0 bridgehead atoms. The molecular formula is C25H24N4O2. The van der Waals surface area contributed by atoms with Gasteiger partial charge in [0.1, 0.15) is 11.4 Å². The number of hydrogen-bond donors (Lipinski definition) is 0. The molecule has 0 N–H and O–H groups in total. The third-order valence-corrected chi connectivity index (χ3v) is 6.06. The average Bonchev–Trinajstić information content (AvgIpc) is 3.20. The molecule has 2 aromatic heterocycles. The van der Waals surface area contributed by atoms with Crippen molar-refractivity contribution in [2.75, 3.05) is 6.54 Å². The first-order chi connectivity index (χ1) is 15.0. The van der Waals surface area contributed by atoms with Crippen molar-refractivity contribution in [1.82, 2.24) is 19.0 Å². The van der Waals surface area contributed by atoms with E-state index in [-0.39, 0.29) is 17.5 Å². The van der Waals surface area contributed by atoms with Gasteiger partial charge in [-0.15, -0.1) is 0 Å². The molecule has 0 saturated carbocycles. The third kappa shape index (κ3) is 3.44. The molecule has 5 rings (SSSR count). The van der Waals surface area contributed by atoms with E-state index in [4.69, 9.17) is 0 Å². The van der Waals surface area contributed by atoms with Crippen LogP contribution in [0.1, 0.15) is 28.7 Å². The largest absolute Gasteiger partial charge is 0.333 e. The Morgan fingerprint density at radius 1 is 1.03 bits per heavy atom. The first kappa shape index (κ1) is 19.3. The van der Waals surface area contributed by atoms with Crippen LogP contribution in [0.5, 0.6) is 0 Å². The van der Waals surface area contributed by atoms with Crippen molar-refractivity contribution in [3.8, 4) is 5.69 Å². The third-order valence-electron chi connectivity index (χ3n) is 6.06. The van der Waals surface area contributed by atoms with Crippen LogP contribution in [0.4, 0.5) is 0 Å². The lowest BCUT2D eigenvalue weighted by atomic mass is 10.0. The van der Waals surface area contributed by atoms with E-state index < -0.39 is 0 Å². The van der Waals surface area contributed by atoms with Gasteiger partial charge in [0.2, 0.25) is 0 Å². The fraction of sp³-hybridized carbons (Fsp3) is 0.240. The van der Waals surface area contributed by atoms with Crippen molar-refractivity contribution < 1.29 is 4.79 Å². The van der Waals surface area contributed by atoms with Gasteiger partial charge in [-0.3, -0.25) is 9.59 Å². The maximum absolute atomic E-state index is 13.2. The summed E-state index contributed by atoms with van der Waals surface area (Å²) in [6, 6.07) is 18.1. The number of aryl methyl sites for hydroxylation is 1. The minimum Gasteiger partial charge on any atom is -0.333 e. The summed E-state index contributed by atoms with van der Waals surface area (Å²) in [5.41, 5.74) is 2.83. The summed E-state index contributed by atoms with van der Waals surface area (Å²) in [5, 5.41) is 2.42. The van der Waals surface area contributed by atoms with Gasteiger partial charge in [0.05, 0.1) is 12.0 Å². The topological polar surface area (TPSA) is 60.1 Å². The molecule has 0 unspecified atom stereocenters. The number of hydrogen-bond acceptors (Lipinski definition) is 3. The molecule has 1 aliphatic rings. The predicted molar refractivity (Wildman–Crippen MR) is 121 cm³/mol. The minimum absolute atomic E-state index is 0.0575. The van der Waals surface area contributed by atoms with E-state index in [1.165, 1.54) is 16.3 Å². The zero-order valence-corrected chi connectivity index (χ0v) is 17.7. The molecule has 1 atom stereocenters. The van der Waals surface area contributed by atoms with Gasteiger partial charge in [0.25, 0.3) is 11.5 Å². The summed E-state index contributed by atoms with van der Waals surface area (Å²) in [6.07, 6.45) is 4.22. The van der Waals surface area contributed by atoms with Crippen LogP contribution in [0.25, 0.3) is 16.5 Å². The number of rotatable bonds is 4. The number of nitrogens with zero attached hydrogens (tertiary/aromatic N) is 4. The van der Waals surface area contributed by atoms with Crippen LogP contribution in [-0.2, 0) is 13.0 Å². The number of imidazole rings is 1. The lowest BCUT2D eigenvalue weighted by Gasteiger charge is -2.35. The first-order valence-corrected chi connectivity index (χ1v) is 10.5. The molecule has 0 spiro atoms. The summed E-state index contributed by atoms with van der Waals surface area (Å²) in [4.78, 5) is 32.4. The van der Waals surface area contributed by atoms with Crippen LogP contribution in [0.2, 0.25) is 0 Å². The van der Waals surface area contributed by atoms with Crippen molar-refractivity contribution in [1.29, 1.82) is 0 Å². The Morgan fingerprint density at radius 2 is 1.84 bits per heavy atom. The van der Waals surface area contributed by atoms with Crippen molar-refractivity contribution >= 4 is 16.7 Å². The Balaban J connectivity index is 1.39. The number of pyridine rings is 1. The van der Waals surface area contributed by atoms with Gasteiger partial charge < -0.3 is 14.0 Å². The van der Waals surface area contributed by atoms with E-state index in [0.717, 1.165) is 12.1 Å². The number of amides is 1. The standard InChI is InChI=1S/C25H24N4O2/c1-17-14-27(16-26-17)22-9-10-23-25(31)28(18(2)15-29(23)24(22)30)12-11-19-7-8-20-5-3-4-6-21(20)13-19/h3-10,13-14,16,18H,11-12,15H2,1-2H3/t18-/m1/s1. The molecule has 0 saturated heterocycles. The predicted octanol–water partition coefficient (Wildman–Crippen LogP) is 3.58. The number of fused-ring (bicyclic) bond motifs is 2. The molecule has 4 aromatic rings. The fourth-order valence-electron chi connectivity index (χ4n) is 4.36. The second-order valence-electron chi connectivity index (χ2n) is 8.22. The summed E-state index contributed by atoms with van der Waals surface area (Å²) in [6.45, 7) is 4.99. The van der Waals surface area contributed by atoms with E-state index in [1.54, 1.807) is 27.6 Å². The first-order valence-electron chi connectivity index (χ1n) is 10.5. The van der Waals surface area contributed by atoms with Crippen LogP contribution in [0.15, 0.2) is 71.9 Å². The lowest BCUT2D eigenvalue weighted by Crippen LogP contribution is -2.50. The molecule has 0 fully saturated rings. The second-order valence-corrected chi connectivity index (χ2v) is 8.22. The van der Waals surface area contributed by atoms with E-state index >= 15 is 0 Å². The maximum atomic E-state index is 13.2. The Bertz CT molecular complexity index is 1350. The maximum Gasteiger partial charge on any atom is 0.275 e. The van der Waals surface area contributed by atoms with Gasteiger partial charge in [-0.2, -0.15) is 0 Å². The highest BCUT2D eigenvalue weighted by atomic mass is 16.2. The minimum atomic E-state index is -0.163. The van der Waals surface area contributed by atoms with Gasteiger partial charge in [0.15, 0.2) is 0 Å². The number of benzene rings is 2. The van der Waals surface area contributed by atoms with Crippen LogP contribution in [-0.4, -0.2) is 37.5 Å². The van der Waals surface area contributed by atoms with Gasteiger partial charge >= 0.3 is 0 Å².